The molecule has 0 radical (unpaired) electrons. The third-order valence-corrected chi connectivity index (χ3v) is 11.3. The summed E-state index contributed by atoms with van der Waals surface area (Å²) in [6.07, 6.45) is 1.88. The highest BCUT2D eigenvalue weighted by molar-refractivity contribution is 7.16. The van der Waals surface area contributed by atoms with Gasteiger partial charge in [0.25, 0.3) is 0 Å². The Labute approximate surface area is 262 Å². The third kappa shape index (κ3) is 4.07. The van der Waals surface area contributed by atoms with E-state index >= 15 is 0 Å². The van der Waals surface area contributed by atoms with Gasteiger partial charge in [-0.25, -0.2) is 9.97 Å². The highest BCUT2D eigenvalue weighted by atomic mass is 32.1. The minimum Gasteiger partial charge on any atom is -0.243 e. The topological polar surface area (TPSA) is 99.1 Å². The van der Waals surface area contributed by atoms with Crippen LogP contribution in [-0.2, 0) is 12.8 Å². The zero-order valence-corrected chi connectivity index (χ0v) is 26.8. The third-order valence-electron chi connectivity index (χ3n) is 8.13. The Balaban J connectivity index is 1.68. The van der Waals surface area contributed by atoms with Gasteiger partial charge in [-0.05, 0) is 54.5 Å². The quantitative estimate of drug-likeness (QED) is 0.179. The molecule has 1 aliphatic rings. The molecule has 0 N–H and O–H groups in total. The normalized spacial score (nSPS) is 12.1. The first kappa shape index (κ1) is 27.5. The van der Waals surface area contributed by atoms with Gasteiger partial charge in [0.1, 0.15) is 45.5 Å². The molecule has 2 aromatic carbocycles. The van der Waals surface area contributed by atoms with Crippen LogP contribution in [0.1, 0.15) is 65.8 Å². The average molecular weight is 615 g/mol. The number of hydrogen-bond donors (Lipinski definition) is 0. The van der Waals surface area contributed by atoms with Crippen LogP contribution in [-0.4, -0.2) is 18.7 Å². The molecule has 4 heterocycles. The highest BCUT2D eigenvalue weighted by Gasteiger charge is 2.33. The van der Waals surface area contributed by atoms with E-state index in [1.165, 1.54) is 32.6 Å². The van der Waals surface area contributed by atoms with Crippen LogP contribution >= 0.6 is 34.4 Å². The second kappa shape index (κ2) is 10.5. The second-order valence-electron chi connectivity index (χ2n) is 10.9. The van der Waals surface area contributed by atoms with Crippen molar-refractivity contribution >= 4 is 62.0 Å². The molecule has 0 amide bonds. The molecule has 4 aromatic heterocycles. The highest BCUT2D eigenvalue weighted by Crippen LogP contribution is 2.50. The molecule has 0 fully saturated rings. The maximum absolute atomic E-state index is 9.96. The molecule has 0 unspecified atom stereocenters. The maximum atomic E-state index is 9.96. The lowest BCUT2D eigenvalue weighted by molar-refractivity contribution is 0.870. The van der Waals surface area contributed by atoms with E-state index in [2.05, 4.69) is 58.9 Å². The number of rotatable bonds is 5. The molecule has 0 spiro atoms. The first-order chi connectivity index (χ1) is 20.9. The van der Waals surface area contributed by atoms with Crippen LogP contribution in [0.15, 0.2) is 42.0 Å². The fourth-order valence-electron chi connectivity index (χ4n) is 6.10. The van der Waals surface area contributed by atoms with Crippen LogP contribution in [0.3, 0.4) is 0 Å². The van der Waals surface area contributed by atoms with Gasteiger partial charge in [-0.1, -0.05) is 52.0 Å². The summed E-state index contributed by atoms with van der Waals surface area (Å²) in [5.74, 6) is 0.387. The maximum Gasteiger partial charge on any atom is 0.139 e. The Morgan fingerprint density at radius 3 is 1.93 bits per heavy atom. The van der Waals surface area contributed by atoms with E-state index in [0.29, 0.717) is 22.9 Å². The molecule has 6 aromatic rings. The molecule has 0 saturated heterocycles. The SMILES string of the molecule is CCc1cc(-c2c3nsnc3c(-c3cc(CC)c(C(C)C)s3)c3nc4c(nc23)-c2ccccc2C4=C(C#N)C#N)sc1C. The number of nitrogens with zero attached hydrogens (tertiary/aromatic N) is 6. The lowest BCUT2D eigenvalue weighted by Crippen LogP contribution is -1.99. The second-order valence-corrected chi connectivity index (χ2v) is 13.8. The van der Waals surface area contributed by atoms with Gasteiger partial charge in [-0.3, -0.25) is 0 Å². The molecule has 0 aliphatic heterocycles. The predicted molar refractivity (Wildman–Crippen MR) is 177 cm³/mol. The number of thiophene rings is 2. The number of benzene rings is 2. The molecule has 43 heavy (non-hydrogen) atoms. The van der Waals surface area contributed by atoms with Gasteiger partial charge in [0.2, 0.25) is 0 Å². The van der Waals surface area contributed by atoms with Crippen molar-refractivity contribution in [2.45, 2.75) is 53.4 Å². The predicted octanol–water partition coefficient (Wildman–Crippen LogP) is 9.48. The van der Waals surface area contributed by atoms with Crippen molar-refractivity contribution in [3.63, 3.8) is 0 Å². The number of allylic oxidation sites excluding steroid dienone is 1. The molecule has 0 bridgehead atoms. The van der Waals surface area contributed by atoms with Crippen LogP contribution in [0.25, 0.3) is 59.8 Å². The van der Waals surface area contributed by atoms with Crippen LogP contribution in [0.4, 0.5) is 0 Å². The number of fused-ring (bicyclic) bond motifs is 5. The molecule has 0 saturated carbocycles. The van der Waals surface area contributed by atoms with E-state index < -0.39 is 0 Å². The van der Waals surface area contributed by atoms with Crippen LogP contribution in [0.5, 0.6) is 0 Å². The summed E-state index contributed by atoms with van der Waals surface area (Å²) in [4.78, 5) is 15.5. The van der Waals surface area contributed by atoms with Crippen molar-refractivity contribution in [3.05, 3.63) is 74.1 Å². The molecule has 0 atom stereocenters. The van der Waals surface area contributed by atoms with E-state index in [1.807, 2.05) is 24.3 Å². The Kier molecular flexibility index (Phi) is 6.70. The smallest absolute Gasteiger partial charge is 0.139 e. The first-order valence-electron chi connectivity index (χ1n) is 14.3. The Morgan fingerprint density at radius 2 is 1.37 bits per heavy atom. The summed E-state index contributed by atoms with van der Waals surface area (Å²) < 4.78 is 9.73. The van der Waals surface area contributed by atoms with E-state index in [-0.39, 0.29) is 5.57 Å². The first-order valence-corrected chi connectivity index (χ1v) is 16.6. The number of nitriles is 2. The molecule has 7 rings (SSSR count). The van der Waals surface area contributed by atoms with Gasteiger partial charge in [0.15, 0.2) is 0 Å². The molecular weight excluding hydrogens is 589 g/mol. The average Bonchev–Trinajstić information content (AvgIpc) is 3.80. The molecule has 1 aliphatic carbocycles. The summed E-state index contributed by atoms with van der Waals surface area (Å²) in [5.41, 5.74) is 11.1. The van der Waals surface area contributed by atoms with Crippen LogP contribution in [0, 0.1) is 29.6 Å². The Hall–Kier alpha value is -4.28. The molecule has 9 heteroatoms. The number of aromatic nitrogens is 4. The summed E-state index contributed by atoms with van der Waals surface area (Å²) >= 11 is 4.74. The molecular formula is C34H26N6S3. The fourth-order valence-corrected chi connectivity index (χ4v) is 9.13. The zero-order valence-electron chi connectivity index (χ0n) is 24.4. The number of hydrogen-bond acceptors (Lipinski definition) is 9. The fraction of sp³-hybridized carbons (Fsp3) is 0.235. The minimum absolute atomic E-state index is 0.0333. The van der Waals surface area contributed by atoms with E-state index in [9.17, 15) is 10.5 Å². The van der Waals surface area contributed by atoms with Crippen molar-refractivity contribution < 1.29 is 0 Å². The standard InChI is InChI=1S/C34H26N6S3/c1-6-18-12-23(41-17(18)5)26-30-31(27(33-32(26)39-43-40-33)24-13-19(7-2)34(42-24)16(3)4)38-29-25(20(14-35)15-36)21-10-8-9-11-22(21)28(29)37-30/h8-13,16H,6-7H2,1-5H3. The van der Waals surface area contributed by atoms with E-state index in [4.69, 9.17) is 18.7 Å². The van der Waals surface area contributed by atoms with Crippen molar-refractivity contribution in [1.29, 1.82) is 10.5 Å². The summed E-state index contributed by atoms with van der Waals surface area (Å²) in [6.45, 7) is 11.0. The molecule has 6 nitrogen and oxygen atoms in total. The van der Waals surface area contributed by atoms with E-state index in [0.717, 1.165) is 66.9 Å². The number of aryl methyl sites for hydroxylation is 3. The van der Waals surface area contributed by atoms with Crippen LogP contribution < -0.4 is 0 Å². The van der Waals surface area contributed by atoms with Gasteiger partial charge in [-0.2, -0.15) is 19.3 Å². The molecule has 210 valence electrons. The van der Waals surface area contributed by atoms with Crippen molar-refractivity contribution in [3.8, 4) is 44.3 Å². The van der Waals surface area contributed by atoms with Crippen molar-refractivity contribution in [1.82, 2.24) is 18.7 Å². The van der Waals surface area contributed by atoms with Gasteiger partial charge in [-0.15, -0.1) is 22.7 Å². The Morgan fingerprint density at radius 1 is 0.791 bits per heavy atom. The van der Waals surface area contributed by atoms with Crippen molar-refractivity contribution in [2.75, 3.05) is 0 Å². The van der Waals surface area contributed by atoms with Crippen molar-refractivity contribution in [2.24, 2.45) is 0 Å². The minimum atomic E-state index is 0.0333. The lowest BCUT2D eigenvalue weighted by Gasteiger charge is -2.12. The van der Waals surface area contributed by atoms with Crippen LogP contribution in [0.2, 0.25) is 0 Å². The largest absolute Gasteiger partial charge is 0.243 e. The Bertz CT molecular complexity index is 2220. The van der Waals surface area contributed by atoms with Gasteiger partial charge in [0, 0.05) is 41.8 Å². The lowest BCUT2D eigenvalue weighted by atomic mass is 9.99. The summed E-state index contributed by atoms with van der Waals surface area (Å²) in [5, 5.41) is 19.9. The zero-order chi connectivity index (χ0) is 30.0. The van der Waals surface area contributed by atoms with Gasteiger partial charge < -0.3 is 0 Å². The summed E-state index contributed by atoms with van der Waals surface area (Å²) in [7, 11) is 0. The van der Waals surface area contributed by atoms with E-state index in [1.54, 1.807) is 22.7 Å². The summed E-state index contributed by atoms with van der Waals surface area (Å²) in [6, 6.07) is 16.6. The monoisotopic (exact) mass is 614 g/mol. The van der Waals surface area contributed by atoms with Gasteiger partial charge in [0.05, 0.1) is 17.4 Å². The van der Waals surface area contributed by atoms with Gasteiger partial charge >= 0.3 is 0 Å².